The summed E-state index contributed by atoms with van der Waals surface area (Å²) in [4.78, 5) is 23.1. The number of para-hydroxylation sites is 2. The van der Waals surface area contributed by atoms with Gasteiger partial charge in [0.1, 0.15) is 5.15 Å². The number of nitrogens with one attached hydrogen (secondary N) is 2. The summed E-state index contributed by atoms with van der Waals surface area (Å²) in [5.41, 5.74) is 1.92. The molecule has 1 amide bonds. The lowest BCUT2D eigenvalue weighted by atomic mass is 10.3. The van der Waals surface area contributed by atoms with Gasteiger partial charge < -0.3 is 4.98 Å². The average Bonchev–Trinajstić information content (AvgIpc) is 2.83. The molecule has 0 aliphatic rings. The number of carbonyl (C=O) groups is 1. The number of imidazole rings is 1. The highest BCUT2D eigenvalue weighted by atomic mass is 35.5. The second-order valence-electron chi connectivity index (χ2n) is 4.05. The predicted octanol–water partition coefficient (Wildman–Crippen LogP) is 3.52. The smallest absolute Gasteiger partial charge is 0.259 e. The van der Waals surface area contributed by atoms with Crippen LogP contribution in [0.25, 0.3) is 11.0 Å². The van der Waals surface area contributed by atoms with E-state index in [1.807, 2.05) is 24.3 Å². The number of anilines is 1. The van der Waals surface area contributed by atoms with Crippen molar-refractivity contribution in [3.8, 4) is 0 Å². The van der Waals surface area contributed by atoms with E-state index in [1.165, 1.54) is 12.3 Å². The largest absolute Gasteiger partial charge is 0.324 e. The normalized spacial score (nSPS) is 10.7. The van der Waals surface area contributed by atoms with Crippen molar-refractivity contribution < 1.29 is 4.79 Å². The molecule has 0 bridgehead atoms. The van der Waals surface area contributed by atoms with E-state index in [9.17, 15) is 4.79 Å². The van der Waals surface area contributed by atoms with Crippen molar-refractivity contribution in [3.63, 3.8) is 0 Å². The summed E-state index contributed by atoms with van der Waals surface area (Å²) in [6.07, 6.45) is 1.35. The molecule has 0 radical (unpaired) electrons. The molecule has 0 fully saturated rings. The third kappa shape index (κ3) is 2.45. The zero-order valence-corrected chi connectivity index (χ0v) is 11.5. The molecular formula is C13H8Cl2N4O. The summed E-state index contributed by atoms with van der Waals surface area (Å²) in [6.45, 7) is 0. The van der Waals surface area contributed by atoms with Gasteiger partial charge in [-0.25, -0.2) is 9.97 Å². The number of rotatable bonds is 2. The lowest BCUT2D eigenvalue weighted by molar-refractivity contribution is 0.102. The van der Waals surface area contributed by atoms with Crippen molar-refractivity contribution in [2.45, 2.75) is 0 Å². The van der Waals surface area contributed by atoms with Crippen molar-refractivity contribution in [3.05, 3.63) is 52.3 Å². The van der Waals surface area contributed by atoms with E-state index in [2.05, 4.69) is 20.3 Å². The number of fused-ring (bicyclic) bond motifs is 1. The summed E-state index contributed by atoms with van der Waals surface area (Å²) in [5.74, 6) is -0.00241. The van der Waals surface area contributed by atoms with Crippen molar-refractivity contribution in [1.82, 2.24) is 15.0 Å². The molecule has 0 saturated carbocycles. The Labute approximate surface area is 124 Å². The summed E-state index contributed by atoms with van der Waals surface area (Å²) < 4.78 is 0. The van der Waals surface area contributed by atoms with E-state index < -0.39 is 0 Å². The molecular weight excluding hydrogens is 299 g/mol. The number of H-pyrrole nitrogens is 1. The van der Waals surface area contributed by atoms with Crippen molar-refractivity contribution in [1.29, 1.82) is 0 Å². The van der Waals surface area contributed by atoms with Gasteiger partial charge in [0.05, 0.1) is 21.6 Å². The Kier molecular flexibility index (Phi) is 3.30. The molecule has 100 valence electrons. The molecule has 0 aliphatic heterocycles. The van der Waals surface area contributed by atoms with Crippen LogP contribution in [0.3, 0.4) is 0 Å². The summed E-state index contributed by atoms with van der Waals surface area (Å²) in [7, 11) is 0. The van der Waals surface area contributed by atoms with E-state index >= 15 is 0 Å². The maximum atomic E-state index is 12.0. The van der Waals surface area contributed by atoms with Crippen LogP contribution in [-0.2, 0) is 0 Å². The molecule has 2 N–H and O–H groups in total. The Balaban J connectivity index is 1.86. The van der Waals surface area contributed by atoms with Gasteiger partial charge in [-0.1, -0.05) is 35.3 Å². The summed E-state index contributed by atoms with van der Waals surface area (Å²) >= 11 is 11.5. The molecule has 1 aromatic carbocycles. The second kappa shape index (κ2) is 5.11. The minimum Gasteiger partial charge on any atom is -0.324 e. The average molecular weight is 307 g/mol. The number of hydrogen-bond acceptors (Lipinski definition) is 3. The molecule has 0 aliphatic carbocycles. The molecule has 0 saturated heterocycles. The monoisotopic (exact) mass is 306 g/mol. The maximum absolute atomic E-state index is 12.0. The lowest BCUT2D eigenvalue weighted by Crippen LogP contribution is -2.13. The number of carbonyl (C=O) groups excluding carboxylic acids is 1. The minimum absolute atomic E-state index is 0.159. The highest BCUT2D eigenvalue weighted by molar-refractivity contribution is 6.41. The standard InChI is InChI=1S/C13H8Cl2N4O/c14-8-5-7(6-16-11(8)15)12(20)19-13-17-9-3-1-2-4-10(9)18-13/h1-6H,(H2,17,18,19,20). The van der Waals surface area contributed by atoms with Crippen LogP contribution in [0.5, 0.6) is 0 Å². The third-order valence-electron chi connectivity index (χ3n) is 2.68. The minimum atomic E-state index is -0.366. The molecule has 0 unspecified atom stereocenters. The first-order valence-electron chi connectivity index (χ1n) is 5.70. The van der Waals surface area contributed by atoms with Gasteiger partial charge in [-0.15, -0.1) is 0 Å². The van der Waals surface area contributed by atoms with Gasteiger partial charge in [0.15, 0.2) is 0 Å². The van der Waals surface area contributed by atoms with Crippen molar-refractivity contribution in [2.24, 2.45) is 0 Å². The van der Waals surface area contributed by atoms with Crippen LogP contribution in [0.4, 0.5) is 5.95 Å². The van der Waals surface area contributed by atoms with E-state index in [0.717, 1.165) is 11.0 Å². The van der Waals surface area contributed by atoms with Gasteiger partial charge >= 0.3 is 0 Å². The number of aromatic nitrogens is 3. The fourth-order valence-corrected chi connectivity index (χ4v) is 2.01. The predicted molar refractivity (Wildman–Crippen MR) is 78.3 cm³/mol. The number of amides is 1. The topological polar surface area (TPSA) is 70.7 Å². The Morgan fingerprint density at radius 1 is 1.25 bits per heavy atom. The molecule has 0 spiro atoms. The fraction of sp³-hybridized carbons (Fsp3) is 0. The SMILES string of the molecule is O=C(Nc1nc2ccccc2[nH]1)c1cnc(Cl)c(Cl)c1. The van der Waals surface area contributed by atoms with Gasteiger partial charge in [0, 0.05) is 6.20 Å². The Hall–Kier alpha value is -2.11. The second-order valence-corrected chi connectivity index (χ2v) is 4.82. The zero-order valence-electron chi connectivity index (χ0n) is 10.0. The number of aromatic amines is 1. The lowest BCUT2D eigenvalue weighted by Gasteiger charge is -2.02. The first-order chi connectivity index (χ1) is 9.63. The summed E-state index contributed by atoms with van der Waals surface area (Å²) in [6, 6.07) is 8.93. The van der Waals surface area contributed by atoms with Crippen LogP contribution in [0.2, 0.25) is 10.2 Å². The molecule has 20 heavy (non-hydrogen) atoms. The Morgan fingerprint density at radius 3 is 2.80 bits per heavy atom. The quantitative estimate of drug-likeness (QED) is 0.712. The van der Waals surface area contributed by atoms with E-state index in [0.29, 0.717) is 11.5 Å². The number of halogens is 2. The zero-order chi connectivity index (χ0) is 14.1. The Bertz CT molecular complexity index is 767. The van der Waals surface area contributed by atoms with Crippen LogP contribution in [0, 0.1) is 0 Å². The molecule has 7 heteroatoms. The number of hydrogen-bond donors (Lipinski definition) is 2. The van der Waals surface area contributed by atoms with Crippen molar-refractivity contribution >= 4 is 46.1 Å². The molecule has 2 aromatic heterocycles. The molecule has 5 nitrogen and oxygen atoms in total. The van der Waals surface area contributed by atoms with Gasteiger partial charge in [0.25, 0.3) is 5.91 Å². The van der Waals surface area contributed by atoms with Gasteiger partial charge in [-0.05, 0) is 18.2 Å². The van der Waals surface area contributed by atoms with Gasteiger partial charge in [-0.2, -0.15) is 0 Å². The maximum Gasteiger partial charge on any atom is 0.259 e. The van der Waals surface area contributed by atoms with E-state index in [4.69, 9.17) is 23.2 Å². The Morgan fingerprint density at radius 2 is 2.05 bits per heavy atom. The molecule has 3 aromatic rings. The molecule has 2 heterocycles. The first kappa shape index (κ1) is 12.9. The van der Waals surface area contributed by atoms with Crippen LogP contribution in [0.1, 0.15) is 10.4 Å². The van der Waals surface area contributed by atoms with E-state index in [1.54, 1.807) is 0 Å². The molecule has 0 atom stereocenters. The van der Waals surface area contributed by atoms with Crippen LogP contribution >= 0.6 is 23.2 Å². The third-order valence-corrected chi connectivity index (χ3v) is 3.37. The number of pyridine rings is 1. The van der Waals surface area contributed by atoms with Crippen LogP contribution in [0.15, 0.2) is 36.5 Å². The van der Waals surface area contributed by atoms with Crippen LogP contribution in [-0.4, -0.2) is 20.9 Å². The van der Waals surface area contributed by atoms with E-state index in [-0.39, 0.29) is 16.1 Å². The number of benzene rings is 1. The van der Waals surface area contributed by atoms with Gasteiger partial charge in [0.2, 0.25) is 5.95 Å². The van der Waals surface area contributed by atoms with Gasteiger partial charge in [-0.3, -0.25) is 10.1 Å². The molecule has 3 rings (SSSR count). The van der Waals surface area contributed by atoms with Crippen molar-refractivity contribution in [2.75, 3.05) is 5.32 Å². The van der Waals surface area contributed by atoms with Crippen LogP contribution < -0.4 is 5.32 Å². The fourth-order valence-electron chi connectivity index (χ4n) is 1.74. The first-order valence-corrected chi connectivity index (χ1v) is 6.46. The summed E-state index contributed by atoms with van der Waals surface area (Å²) in [5, 5.41) is 3.03. The highest BCUT2D eigenvalue weighted by Crippen LogP contribution is 2.20. The highest BCUT2D eigenvalue weighted by Gasteiger charge is 2.11. The number of nitrogens with zero attached hydrogens (tertiary/aromatic N) is 2.